The van der Waals surface area contributed by atoms with E-state index in [2.05, 4.69) is 20.7 Å². The van der Waals surface area contributed by atoms with Crippen molar-refractivity contribution in [3.05, 3.63) is 16.1 Å². The molecule has 1 aromatic heterocycles. The molecule has 7 heteroatoms. The molecule has 0 aliphatic heterocycles. The maximum absolute atomic E-state index is 5.39. The quantitative estimate of drug-likeness (QED) is 0.224. The van der Waals surface area contributed by atoms with Crippen LogP contribution in [0.2, 0.25) is 0 Å². The summed E-state index contributed by atoms with van der Waals surface area (Å²) < 4.78 is 5.24. The van der Waals surface area contributed by atoms with E-state index in [1.54, 1.807) is 11.3 Å². The summed E-state index contributed by atoms with van der Waals surface area (Å²) in [5.41, 5.74) is 3.50. The first-order valence-corrected chi connectivity index (χ1v) is 6.88. The topological polar surface area (TPSA) is 84.6 Å². The predicted octanol–water partition coefficient (Wildman–Crippen LogP) is 0.787. The number of hydrazine groups is 1. The van der Waals surface area contributed by atoms with Crippen molar-refractivity contribution in [1.29, 1.82) is 0 Å². The number of nitrogens with two attached hydrogens (primary N) is 1. The van der Waals surface area contributed by atoms with E-state index < -0.39 is 0 Å². The second-order valence-electron chi connectivity index (χ2n) is 3.64. The van der Waals surface area contributed by atoms with E-state index in [0.717, 1.165) is 36.9 Å². The van der Waals surface area contributed by atoms with Crippen LogP contribution in [-0.4, -0.2) is 30.7 Å². The van der Waals surface area contributed by atoms with Crippen molar-refractivity contribution in [2.24, 2.45) is 10.8 Å². The van der Waals surface area contributed by atoms with Gasteiger partial charge in [0.25, 0.3) is 0 Å². The van der Waals surface area contributed by atoms with Gasteiger partial charge in [0.2, 0.25) is 5.96 Å². The van der Waals surface area contributed by atoms with E-state index in [0.29, 0.717) is 12.5 Å². The third kappa shape index (κ3) is 5.95. The minimum Gasteiger partial charge on any atom is -0.382 e. The van der Waals surface area contributed by atoms with Crippen molar-refractivity contribution in [1.82, 2.24) is 15.7 Å². The van der Waals surface area contributed by atoms with Crippen LogP contribution in [0.25, 0.3) is 0 Å². The van der Waals surface area contributed by atoms with E-state index in [-0.39, 0.29) is 0 Å². The summed E-state index contributed by atoms with van der Waals surface area (Å²) in [5, 5.41) is 6.17. The SMILES string of the molecule is CCOCCCNC(=NCc1csc(C)n1)NN. The van der Waals surface area contributed by atoms with E-state index in [4.69, 9.17) is 10.6 Å². The van der Waals surface area contributed by atoms with Gasteiger partial charge >= 0.3 is 0 Å². The number of hydrogen-bond donors (Lipinski definition) is 3. The molecule has 1 rings (SSSR count). The van der Waals surface area contributed by atoms with Gasteiger partial charge in [0, 0.05) is 25.1 Å². The highest BCUT2D eigenvalue weighted by molar-refractivity contribution is 7.09. The molecule has 1 heterocycles. The Hall–Kier alpha value is -1.18. The molecule has 4 N–H and O–H groups in total. The third-order valence-corrected chi connectivity index (χ3v) is 2.99. The Labute approximate surface area is 112 Å². The van der Waals surface area contributed by atoms with Crippen molar-refractivity contribution in [3.63, 3.8) is 0 Å². The highest BCUT2D eigenvalue weighted by Crippen LogP contribution is 2.08. The summed E-state index contributed by atoms with van der Waals surface area (Å²) in [7, 11) is 0. The Morgan fingerprint density at radius 1 is 1.61 bits per heavy atom. The fraction of sp³-hybridized carbons (Fsp3) is 0.636. The van der Waals surface area contributed by atoms with Gasteiger partial charge in [0.15, 0.2) is 0 Å². The monoisotopic (exact) mass is 271 g/mol. The van der Waals surface area contributed by atoms with Crippen LogP contribution in [0.1, 0.15) is 24.0 Å². The number of rotatable bonds is 7. The molecule has 0 radical (unpaired) electrons. The zero-order valence-electron chi connectivity index (χ0n) is 10.9. The van der Waals surface area contributed by atoms with Crippen LogP contribution in [-0.2, 0) is 11.3 Å². The van der Waals surface area contributed by atoms with E-state index in [1.165, 1.54) is 0 Å². The molecule has 0 aliphatic rings. The van der Waals surface area contributed by atoms with E-state index in [9.17, 15) is 0 Å². The fourth-order valence-corrected chi connectivity index (χ4v) is 1.92. The van der Waals surface area contributed by atoms with Crippen LogP contribution in [0.15, 0.2) is 10.4 Å². The maximum Gasteiger partial charge on any atom is 0.206 e. The van der Waals surface area contributed by atoms with Crippen LogP contribution in [0.3, 0.4) is 0 Å². The minimum absolute atomic E-state index is 0.530. The summed E-state index contributed by atoms with van der Waals surface area (Å²) in [6.07, 6.45) is 0.921. The van der Waals surface area contributed by atoms with Gasteiger partial charge in [-0.3, -0.25) is 5.43 Å². The van der Waals surface area contributed by atoms with Crippen molar-refractivity contribution in [3.8, 4) is 0 Å². The number of aromatic nitrogens is 1. The average molecular weight is 271 g/mol. The molecule has 18 heavy (non-hydrogen) atoms. The Kier molecular flexibility index (Phi) is 7.31. The normalized spacial score (nSPS) is 11.6. The number of aliphatic imine (C=N–C) groups is 1. The van der Waals surface area contributed by atoms with Crippen LogP contribution in [0.5, 0.6) is 0 Å². The molecule has 0 saturated heterocycles. The van der Waals surface area contributed by atoms with Crippen molar-refractivity contribution in [2.45, 2.75) is 26.8 Å². The van der Waals surface area contributed by atoms with Gasteiger partial charge in [-0.25, -0.2) is 15.8 Å². The van der Waals surface area contributed by atoms with Crippen molar-refractivity contribution >= 4 is 17.3 Å². The first-order valence-electron chi connectivity index (χ1n) is 6.00. The highest BCUT2D eigenvalue weighted by atomic mass is 32.1. The van der Waals surface area contributed by atoms with Gasteiger partial charge in [0.05, 0.1) is 17.2 Å². The van der Waals surface area contributed by atoms with Crippen LogP contribution >= 0.6 is 11.3 Å². The molecule has 0 atom stereocenters. The highest BCUT2D eigenvalue weighted by Gasteiger charge is 1.99. The lowest BCUT2D eigenvalue weighted by Gasteiger charge is -2.08. The minimum atomic E-state index is 0.530. The number of hydrogen-bond acceptors (Lipinski definition) is 5. The first kappa shape index (κ1) is 14.9. The summed E-state index contributed by atoms with van der Waals surface area (Å²) in [6.45, 7) is 6.76. The largest absolute Gasteiger partial charge is 0.382 e. The number of thiazole rings is 1. The third-order valence-electron chi connectivity index (χ3n) is 2.16. The summed E-state index contributed by atoms with van der Waals surface area (Å²) in [6, 6.07) is 0. The number of nitrogens with zero attached hydrogens (tertiary/aromatic N) is 2. The van der Waals surface area contributed by atoms with Gasteiger partial charge in [-0.15, -0.1) is 11.3 Å². The van der Waals surface area contributed by atoms with Crippen molar-refractivity contribution < 1.29 is 4.74 Å². The zero-order valence-corrected chi connectivity index (χ0v) is 11.7. The molecule has 0 spiro atoms. The molecular formula is C11H21N5OS. The molecule has 6 nitrogen and oxygen atoms in total. The summed E-state index contributed by atoms with van der Waals surface area (Å²) in [5.74, 6) is 5.97. The Balaban J connectivity index is 2.27. The fourth-order valence-electron chi connectivity index (χ4n) is 1.32. The number of aryl methyl sites for hydroxylation is 1. The number of guanidine groups is 1. The molecule has 0 amide bonds. The second kappa shape index (κ2) is 8.84. The van der Waals surface area contributed by atoms with E-state index in [1.807, 2.05) is 19.2 Å². The Morgan fingerprint density at radius 2 is 2.44 bits per heavy atom. The number of ether oxygens (including phenoxy) is 1. The van der Waals surface area contributed by atoms with Crippen LogP contribution in [0, 0.1) is 6.92 Å². The first-order chi connectivity index (χ1) is 8.76. The molecular weight excluding hydrogens is 250 g/mol. The average Bonchev–Trinajstić information content (AvgIpc) is 2.78. The molecule has 0 saturated carbocycles. The Bertz CT molecular complexity index is 366. The van der Waals surface area contributed by atoms with E-state index >= 15 is 0 Å². The molecule has 1 aromatic rings. The van der Waals surface area contributed by atoms with Crippen LogP contribution < -0.4 is 16.6 Å². The lowest BCUT2D eigenvalue weighted by atomic mass is 10.4. The number of nitrogens with one attached hydrogen (secondary N) is 2. The molecule has 0 bridgehead atoms. The van der Waals surface area contributed by atoms with Gasteiger partial charge in [-0.1, -0.05) is 0 Å². The standard InChI is InChI=1S/C11H21N5OS/c1-3-17-6-4-5-13-11(16-12)14-7-10-8-18-9(2)15-10/h8H,3-7,12H2,1-2H3,(H2,13,14,16). The molecule has 0 fully saturated rings. The second-order valence-corrected chi connectivity index (χ2v) is 4.71. The Morgan fingerprint density at radius 3 is 3.06 bits per heavy atom. The lowest BCUT2D eigenvalue weighted by Crippen LogP contribution is -2.42. The predicted molar refractivity (Wildman–Crippen MR) is 74.4 cm³/mol. The summed E-state index contributed by atoms with van der Waals surface area (Å²) >= 11 is 1.62. The zero-order chi connectivity index (χ0) is 13.2. The van der Waals surface area contributed by atoms with Crippen LogP contribution in [0.4, 0.5) is 0 Å². The van der Waals surface area contributed by atoms with Gasteiger partial charge < -0.3 is 10.1 Å². The smallest absolute Gasteiger partial charge is 0.206 e. The van der Waals surface area contributed by atoms with Gasteiger partial charge in [0.1, 0.15) is 0 Å². The molecule has 0 unspecified atom stereocenters. The van der Waals surface area contributed by atoms with Gasteiger partial charge in [-0.2, -0.15) is 0 Å². The van der Waals surface area contributed by atoms with Gasteiger partial charge in [-0.05, 0) is 20.3 Å². The lowest BCUT2D eigenvalue weighted by molar-refractivity contribution is 0.145. The van der Waals surface area contributed by atoms with Crippen molar-refractivity contribution in [2.75, 3.05) is 19.8 Å². The maximum atomic E-state index is 5.39. The molecule has 0 aromatic carbocycles. The summed E-state index contributed by atoms with van der Waals surface area (Å²) in [4.78, 5) is 8.65. The molecule has 0 aliphatic carbocycles. The molecule has 102 valence electrons.